The van der Waals surface area contributed by atoms with E-state index in [-0.39, 0.29) is 0 Å². The third kappa shape index (κ3) is 6.28. The van der Waals surface area contributed by atoms with Crippen molar-refractivity contribution in [3.63, 3.8) is 0 Å². The molecule has 0 aromatic rings. The number of rotatable bonds is 7. The minimum absolute atomic E-state index is 0.418. The highest BCUT2D eigenvalue weighted by molar-refractivity contribution is 5.80. The van der Waals surface area contributed by atoms with Crippen molar-refractivity contribution in [2.45, 2.75) is 46.5 Å². The van der Waals surface area contributed by atoms with E-state index in [0.29, 0.717) is 5.41 Å². The number of nitrogens with zero attached hydrogens (tertiary/aromatic N) is 2. The summed E-state index contributed by atoms with van der Waals surface area (Å²) in [6.45, 7) is 11.7. The van der Waals surface area contributed by atoms with Crippen molar-refractivity contribution in [1.82, 2.24) is 10.2 Å². The van der Waals surface area contributed by atoms with Crippen molar-refractivity contribution in [2.75, 3.05) is 39.9 Å². The molecule has 4 nitrogen and oxygen atoms in total. The maximum absolute atomic E-state index is 5.55. The van der Waals surface area contributed by atoms with Gasteiger partial charge in [-0.3, -0.25) is 4.99 Å². The summed E-state index contributed by atoms with van der Waals surface area (Å²) in [6.07, 6.45) is 4.65. The standard InChI is InChI=1S/C15H31N3O/c1-5-6-11-19-12-7-9-17-14(16-4)18-10-8-15(2,3)13-18/h5-13H2,1-4H3,(H,16,17). The van der Waals surface area contributed by atoms with Crippen LogP contribution in [0, 0.1) is 5.41 Å². The molecular weight excluding hydrogens is 238 g/mol. The molecule has 1 aliphatic rings. The van der Waals surface area contributed by atoms with Crippen LogP contribution in [-0.2, 0) is 4.74 Å². The highest BCUT2D eigenvalue weighted by atomic mass is 16.5. The van der Waals surface area contributed by atoms with Gasteiger partial charge in [0.05, 0.1) is 0 Å². The molecule has 112 valence electrons. The molecule has 0 aromatic carbocycles. The molecule has 0 saturated carbocycles. The van der Waals surface area contributed by atoms with Gasteiger partial charge in [-0.1, -0.05) is 27.2 Å². The van der Waals surface area contributed by atoms with Gasteiger partial charge in [-0.2, -0.15) is 0 Å². The number of unbranched alkanes of at least 4 members (excludes halogenated alkanes) is 1. The summed E-state index contributed by atoms with van der Waals surface area (Å²) in [4.78, 5) is 6.73. The van der Waals surface area contributed by atoms with E-state index in [1.165, 1.54) is 12.8 Å². The largest absolute Gasteiger partial charge is 0.381 e. The number of nitrogens with one attached hydrogen (secondary N) is 1. The van der Waals surface area contributed by atoms with Crippen LogP contribution in [0.1, 0.15) is 46.5 Å². The molecule has 0 spiro atoms. The topological polar surface area (TPSA) is 36.9 Å². The van der Waals surface area contributed by atoms with Crippen molar-refractivity contribution in [2.24, 2.45) is 10.4 Å². The molecule has 0 aromatic heterocycles. The third-order valence-electron chi connectivity index (χ3n) is 3.58. The van der Waals surface area contributed by atoms with Gasteiger partial charge in [0, 0.05) is 39.9 Å². The van der Waals surface area contributed by atoms with E-state index in [2.05, 4.69) is 36.0 Å². The maximum Gasteiger partial charge on any atom is 0.193 e. The number of likely N-dealkylation sites (tertiary alicyclic amines) is 1. The Kier molecular flexibility index (Phi) is 7.21. The zero-order valence-corrected chi connectivity index (χ0v) is 13.2. The fourth-order valence-corrected chi connectivity index (χ4v) is 2.35. The lowest BCUT2D eigenvalue weighted by molar-refractivity contribution is 0.129. The second-order valence-electron chi connectivity index (χ2n) is 6.13. The summed E-state index contributed by atoms with van der Waals surface area (Å²) in [7, 11) is 1.87. The molecule has 1 rings (SSSR count). The van der Waals surface area contributed by atoms with Crippen LogP contribution in [0.2, 0.25) is 0 Å². The van der Waals surface area contributed by atoms with E-state index in [1.807, 2.05) is 7.05 Å². The number of ether oxygens (including phenoxy) is 1. The van der Waals surface area contributed by atoms with Crippen LogP contribution in [0.5, 0.6) is 0 Å². The molecule has 0 unspecified atom stereocenters. The van der Waals surface area contributed by atoms with Gasteiger partial charge in [0.15, 0.2) is 5.96 Å². The fourth-order valence-electron chi connectivity index (χ4n) is 2.35. The molecule has 1 N–H and O–H groups in total. The lowest BCUT2D eigenvalue weighted by atomic mass is 9.93. The molecule has 4 heteroatoms. The molecule has 0 radical (unpaired) electrons. The van der Waals surface area contributed by atoms with Gasteiger partial charge in [-0.15, -0.1) is 0 Å². The first kappa shape index (κ1) is 16.3. The molecular formula is C15H31N3O. The Bertz CT molecular complexity index is 277. The van der Waals surface area contributed by atoms with Gasteiger partial charge in [0.2, 0.25) is 0 Å². The molecule has 0 amide bonds. The SMILES string of the molecule is CCCCOCCCNC(=NC)N1CCC(C)(C)C1. The van der Waals surface area contributed by atoms with E-state index in [1.54, 1.807) is 0 Å². The van der Waals surface area contributed by atoms with Gasteiger partial charge in [-0.05, 0) is 24.7 Å². The molecule has 0 aliphatic carbocycles. The molecule has 1 heterocycles. The second kappa shape index (κ2) is 8.41. The summed E-state index contributed by atoms with van der Waals surface area (Å²) < 4.78 is 5.55. The summed E-state index contributed by atoms with van der Waals surface area (Å²) in [5.41, 5.74) is 0.418. The molecule has 0 atom stereocenters. The zero-order chi connectivity index (χ0) is 14.1. The summed E-state index contributed by atoms with van der Waals surface area (Å²) in [5, 5.41) is 3.44. The Balaban J connectivity index is 2.13. The van der Waals surface area contributed by atoms with Crippen LogP contribution >= 0.6 is 0 Å². The third-order valence-corrected chi connectivity index (χ3v) is 3.58. The Hall–Kier alpha value is -0.770. The highest BCUT2D eigenvalue weighted by Crippen LogP contribution is 2.28. The van der Waals surface area contributed by atoms with Gasteiger partial charge < -0.3 is 15.0 Å². The summed E-state index contributed by atoms with van der Waals surface area (Å²) in [6, 6.07) is 0. The zero-order valence-electron chi connectivity index (χ0n) is 13.2. The van der Waals surface area contributed by atoms with Gasteiger partial charge in [-0.25, -0.2) is 0 Å². The molecule has 0 bridgehead atoms. The molecule has 1 aliphatic heterocycles. The quantitative estimate of drug-likeness (QED) is 0.438. The second-order valence-corrected chi connectivity index (χ2v) is 6.13. The Morgan fingerprint density at radius 1 is 1.32 bits per heavy atom. The molecule has 1 saturated heterocycles. The monoisotopic (exact) mass is 269 g/mol. The van der Waals surface area contributed by atoms with E-state index in [4.69, 9.17) is 4.74 Å². The van der Waals surface area contributed by atoms with E-state index >= 15 is 0 Å². The van der Waals surface area contributed by atoms with E-state index in [9.17, 15) is 0 Å². The van der Waals surface area contributed by atoms with Crippen molar-refractivity contribution in [3.05, 3.63) is 0 Å². The molecule has 1 fully saturated rings. The van der Waals surface area contributed by atoms with E-state index < -0.39 is 0 Å². The highest BCUT2D eigenvalue weighted by Gasteiger charge is 2.30. The summed E-state index contributed by atoms with van der Waals surface area (Å²) in [5.74, 6) is 1.04. The number of guanidine groups is 1. The van der Waals surface area contributed by atoms with Gasteiger partial charge in [0.25, 0.3) is 0 Å². The number of aliphatic imine (C=N–C) groups is 1. The van der Waals surface area contributed by atoms with Crippen molar-refractivity contribution >= 4 is 5.96 Å². The lowest BCUT2D eigenvalue weighted by Crippen LogP contribution is -2.41. The maximum atomic E-state index is 5.55. The first-order chi connectivity index (χ1) is 9.09. The van der Waals surface area contributed by atoms with Gasteiger partial charge >= 0.3 is 0 Å². The van der Waals surface area contributed by atoms with Crippen LogP contribution < -0.4 is 5.32 Å². The molecule has 19 heavy (non-hydrogen) atoms. The van der Waals surface area contributed by atoms with E-state index in [0.717, 1.165) is 51.6 Å². The van der Waals surface area contributed by atoms with Crippen LogP contribution in [0.25, 0.3) is 0 Å². The first-order valence-electron chi connectivity index (χ1n) is 7.62. The summed E-state index contributed by atoms with van der Waals surface area (Å²) >= 11 is 0. The van der Waals surface area contributed by atoms with Crippen molar-refractivity contribution < 1.29 is 4.74 Å². The number of hydrogen-bond acceptors (Lipinski definition) is 2. The lowest BCUT2D eigenvalue weighted by Gasteiger charge is -2.23. The Morgan fingerprint density at radius 2 is 2.05 bits per heavy atom. The van der Waals surface area contributed by atoms with Crippen LogP contribution in [0.3, 0.4) is 0 Å². The predicted molar refractivity (Wildman–Crippen MR) is 81.7 cm³/mol. The van der Waals surface area contributed by atoms with Crippen LogP contribution in [0.15, 0.2) is 4.99 Å². The first-order valence-corrected chi connectivity index (χ1v) is 7.62. The smallest absolute Gasteiger partial charge is 0.193 e. The predicted octanol–water partition coefficient (Wildman–Crippen LogP) is 2.50. The van der Waals surface area contributed by atoms with Gasteiger partial charge in [0.1, 0.15) is 0 Å². The average Bonchev–Trinajstić information content (AvgIpc) is 2.73. The number of hydrogen-bond donors (Lipinski definition) is 1. The minimum Gasteiger partial charge on any atom is -0.381 e. The fraction of sp³-hybridized carbons (Fsp3) is 0.933. The van der Waals surface area contributed by atoms with Crippen LogP contribution in [-0.4, -0.2) is 50.8 Å². The minimum atomic E-state index is 0.418. The van der Waals surface area contributed by atoms with Crippen molar-refractivity contribution in [3.8, 4) is 0 Å². The Labute approximate surface area is 118 Å². The average molecular weight is 269 g/mol. The normalized spacial score (nSPS) is 18.9. The van der Waals surface area contributed by atoms with Crippen LogP contribution in [0.4, 0.5) is 0 Å². The van der Waals surface area contributed by atoms with Crippen molar-refractivity contribution in [1.29, 1.82) is 0 Å². The Morgan fingerprint density at radius 3 is 2.63 bits per heavy atom.